The van der Waals surface area contributed by atoms with Crippen LogP contribution in [-0.2, 0) is 10.8 Å². The maximum Gasteiger partial charge on any atom is 0.335 e. The maximum absolute atomic E-state index is 13.7. The lowest BCUT2D eigenvalue weighted by molar-refractivity contribution is 0.0696. The highest BCUT2D eigenvalue weighted by atomic mass is 35.5. The zero-order valence-corrected chi connectivity index (χ0v) is 24.2. The molecule has 1 fully saturated rings. The van der Waals surface area contributed by atoms with Crippen molar-refractivity contribution in [2.45, 2.75) is 72.1 Å². The Kier molecular flexibility index (Phi) is 8.77. The molecule has 0 radical (unpaired) electrons. The second-order valence-electron chi connectivity index (χ2n) is 12.1. The standard InChI is InChI=1S/C31H39ClN2O4/c1-8-9-21-17-34(28(33-32)23(21)14-19-10-12-20(13-11-19)29(37)38)18-26(35)22-15-24(30(2,3)4)27(36)25(16-22)31(5,6)7/h10-16,21,36H,8-9,17-18H2,1-7H3,(H,37,38)/b23-14+,33-28-. The molecule has 2 N–H and O–H groups in total. The molecule has 0 aliphatic carbocycles. The van der Waals surface area contributed by atoms with Crippen LogP contribution >= 0.6 is 11.8 Å². The summed E-state index contributed by atoms with van der Waals surface area (Å²) in [7, 11) is 0. The molecular formula is C31H39ClN2O4. The highest BCUT2D eigenvalue weighted by Crippen LogP contribution is 2.40. The smallest absolute Gasteiger partial charge is 0.335 e. The van der Waals surface area contributed by atoms with Gasteiger partial charge in [0.05, 0.1) is 12.1 Å². The maximum atomic E-state index is 13.7. The summed E-state index contributed by atoms with van der Waals surface area (Å²) < 4.78 is 4.06. The van der Waals surface area contributed by atoms with Gasteiger partial charge < -0.3 is 15.1 Å². The molecule has 0 amide bonds. The van der Waals surface area contributed by atoms with Gasteiger partial charge in [-0.2, -0.15) is 4.51 Å². The van der Waals surface area contributed by atoms with E-state index in [0.717, 1.165) is 35.1 Å². The van der Waals surface area contributed by atoms with Gasteiger partial charge in [-0.25, -0.2) is 4.79 Å². The largest absolute Gasteiger partial charge is 0.507 e. The Morgan fingerprint density at radius 3 is 2.03 bits per heavy atom. The highest BCUT2D eigenvalue weighted by molar-refractivity contribution is 6.23. The molecule has 3 rings (SSSR count). The van der Waals surface area contributed by atoms with Crippen LogP contribution in [0.3, 0.4) is 0 Å². The average molecular weight is 539 g/mol. The van der Waals surface area contributed by atoms with E-state index in [2.05, 4.69) is 11.4 Å². The minimum Gasteiger partial charge on any atom is -0.507 e. The third kappa shape index (κ3) is 6.47. The van der Waals surface area contributed by atoms with Crippen LogP contribution in [0.4, 0.5) is 0 Å². The Balaban J connectivity index is 1.97. The van der Waals surface area contributed by atoms with Gasteiger partial charge in [-0.1, -0.05) is 67.0 Å². The zero-order valence-electron chi connectivity index (χ0n) is 23.4. The molecule has 7 heteroatoms. The van der Waals surface area contributed by atoms with Crippen molar-refractivity contribution in [3.63, 3.8) is 0 Å². The molecule has 2 aromatic rings. The van der Waals surface area contributed by atoms with Crippen LogP contribution in [0.25, 0.3) is 6.08 Å². The molecule has 0 aromatic heterocycles. The van der Waals surface area contributed by atoms with E-state index < -0.39 is 5.97 Å². The highest BCUT2D eigenvalue weighted by Gasteiger charge is 2.35. The van der Waals surface area contributed by atoms with E-state index in [9.17, 15) is 19.8 Å². The number of halogens is 1. The number of rotatable bonds is 7. The molecule has 1 saturated heterocycles. The summed E-state index contributed by atoms with van der Waals surface area (Å²) in [6.07, 6.45) is 3.84. The minimum atomic E-state index is -0.972. The number of likely N-dealkylation sites (tertiary alicyclic amines) is 1. The molecule has 0 bridgehead atoms. The van der Waals surface area contributed by atoms with Gasteiger partial charge in [0.1, 0.15) is 11.6 Å². The number of carboxylic acid groups (broad SMARTS) is 1. The monoisotopic (exact) mass is 538 g/mol. The number of carbonyl (C=O) groups is 2. The van der Waals surface area contributed by atoms with Crippen LogP contribution in [-0.4, -0.2) is 45.8 Å². The summed E-state index contributed by atoms with van der Waals surface area (Å²) in [5.41, 5.74) is 3.38. The number of carbonyl (C=O) groups excluding carboxylic acids is 1. The number of carboxylic acids is 1. The summed E-state index contributed by atoms with van der Waals surface area (Å²) in [6, 6.07) is 10.3. The molecule has 1 atom stereocenters. The lowest BCUT2D eigenvalue weighted by Crippen LogP contribution is -2.32. The van der Waals surface area contributed by atoms with Gasteiger partial charge in [-0.3, -0.25) is 4.79 Å². The van der Waals surface area contributed by atoms with E-state index in [1.54, 1.807) is 24.3 Å². The second kappa shape index (κ2) is 11.3. The van der Waals surface area contributed by atoms with Gasteiger partial charge in [0, 0.05) is 46.5 Å². The molecule has 0 saturated carbocycles. The fourth-order valence-corrected chi connectivity index (χ4v) is 5.14. The Hall–Kier alpha value is -3.12. The number of aromatic hydroxyl groups is 1. The quantitative estimate of drug-likeness (QED) is 0.363. The second-order valence-corrected chi connectivity index (χ2v) is 12.3. The number of benzene rings is 2. The van der Waals surface area contributed by atoms with Crippen molar-refractivity contribution in [1.82, 2.24) is 4.90 Å². The van der Waals surface area contributed by atoms with Gasteiger partial charge in [0.2, 0.25) is 0 Å². The van der Waals surface area contributed by atoms with Crippen LogP contribution in [0.15, 0.2) is 46.5 Å². The molecule has 0 spiro atoms. The fraction of sp³-hybridized carbons (Fsp3) is 0.452. The van der Waals surface area contributed by atoms with E-state index in [1.807, 2.05) is 64.7 Å². The molecule has 6 nitrogen and oxygen atoms in total. The number of ketones is 1. The van der Waals surface area contributed by atoms with Crippen molar-refractivity contribution in [2.24, 2.45) is 10.4 Å². The Labute approximate surface area is 231 Å². The average Bonchev–Trinajstić information content (AvgIpc) is 3.13. The van der Waals surface area contributed by atoms with E-state index in [-0.39, 0.29) is 40.4 Å². The SMILES string of the molecule is CCCC1CN(CC(=O)c2cc(C(C)(C)C)c(O)c(C(C)(C)C)c2)C(=N\Cl)/C1=C/c1ccc(C(=O)O)cc1. The number of hydrogen-bond donors (Lipinski definition) is 2. The molecule has 204 valence electrons. The first-order valence-electron chi connectivity index (χ1n) is 13.1. The van der Waals surface area contributed by atoms with Gasteiger partial charge in [0.25, 0.3) is 0 Å². The first-order chi connectivity index (χ1) is 17.7. The summed E-state index contributed by atoms with van der Waals surface area (Å²) in [5, 5.41) is 20.2. The number of phenolic OH excluding ortho intramolecular Hbond substituents is 1. The molecule has 1 heterocycles. The molecule has 1 aliphatic heterocycles. The van der Waals surface area contributed by atoms with Crippen molar-refractivity contribution in [3.8, 4) is 5.75 Å². The van der Waals surface area contributed by atoms with Gasteiger partial charge in [-0.05, 0) is 53.2 Å². The number of hydrogen-bond acceptors (Lipinski definition) is 4. The summed E-state index contributed by atoms with van der Waals surface area (Å²) in [6.45, 7) is 15.0. The van der Waals surface area contributed by atoms with Crippen molar-refractivity contribution in [2.75, 3.05) is 13.1 Å². The number of Topliss-reactive ketones (excluding diaryl/α,β-unsaturated/α-hetero) is 1. The third-order valence-electron chi connectivity index (χ3n) is 7.02. The number of nitrogens with zero attached hydrogens (tertiary/aromatic N) is 2. The van der Waals surface area contributed by atoms with Gasteiger partial charge in [-0.15, -0.1) is 0 Å². The van der Waals surface area contributed by atoms with Crippen LogP contribution in [0.2, 0.25) is 0 Å². The lowest BCUT2D eigenvalue weighted by Gasteiger charge is -2.28. The van der Waals surface area contributed by atoms with Crippen LogP contribution in [0.1, 0.15) is 98.7 Å². The van der Waals surface area contributed by atoms with Crippen molar-refractivity contribution in [3.05, 3.63) is 69.8 Å². The van der Waals surface area contributed by atoms with Crippen molar-refractivity contribution >= 4 is 35.4 Å². The third-order valence-corrected chi connectivity index (χ3v) is 7.18. The van der Waals surface area contributed by atoms with Gasteiger partial charge in [0.15, 0.2) is 5.78 Å². The predicted octanol–water partition coefficient (Wildman–Crippen LogP) is 7.24. The van der Waals surface area contributed by atoms with Crippen LogP contribution < -0.4 is 0 Å². The summed E-state index contributed by atoms with van der Waals surface area (Å²) in [4.78, 5) is 26.8. The molecular weight excluding hydrogens is 500 g/mol. The minimum absolute atomic E-state index is 0.0684. The first kappa shape index (κ1) is 29.4. The van der Waals surface area contributed by atoms with Gasteiger partial charge >= 0.3 is 5.97 Å². The zero-order chi connectivity index (χ0) is 28.4. The Bertz CT molecular complexity index is 1230. The Morgan fingerprint density at radius 1 is 1.03 bits per heavy atom. The fourth-order valence-electron chi connectivity index (χ4n) is 4.94. The normalized spacial score (nSPS) is 18.4. The molecule has 1 unspecified atom stereocenters. The molecule has 38 heavy (non-hydrogen) atoms. The summed E-state index contributed by atoms with van der Waals surface area (Å²) >= 11 is 6.10. The van der Waals surface area contributed by atoms with Crippen LogP contribution in [0.5, 0.6) is 5.75 Å². The van der Waals surface area contributed by atoms with Crippen molar-refractivity contribution < 1.29 is 19.8 Å². The summed E-state index contributed by atoms with van der Waals surface area (Å²) in [5.74, 6) is -0.0970. The number of phenols is 1. The van der Waals surface area contributed by atoms with E-state index in [4.69, 9.17) is 11.8 Å². The lowest BCUT2D eigenvalue weighted by atomic mass is 9.78. The topological polar surface area (TPSA) is 90.2 Å². The van der Waals surface area contributed by atoms with E-state index in [0.29, 0.717) is 17.9 Å². The number of amidine groups is 1. The Morgan fingerprint density at radius 2 is 1.58 bits per heavy atom. The number of aromatic carboxylic acids is 1. The first-order valence-corrected chi connectivity index (χ1v) is 13.4. The predicted molar refractivity (Wildman–Crippen MR) is 154 cm³/mol. The molecule has 2 aromatic carbocycles. The molecule has 1 aliphatic rings. The van der Waals surface area contributed by atoms with E-state index in [1.165, 1.54) is 0 Å². The van der Waals surface area contributed by atoms with E-state index >= 15 is 0 Å². The van der Waals surface area contributed by atoms with Crippen molar-refractivity contribution in [1.29, 1.82) is 0 Å². The van der Waals surface area contributed by atoms with Crippen LogP contribution in [0, 0.1) is 5.92 Å².